The first kappa shape index (κ1) is 15.8. The van der Waals surface area contributed by atoms with Crippen molar-refractivity contribution in [2.24, 2.45) is 5.92 Å². The quantitative estimate of drug-likeness (QED) is 0.576. The number of rotatable bonds is 10. The Morgan fingerprint density at radius 3 is 2.84 bits per heavy atom. The molecule has 2 nitrogen and oxygen atoms in total. The smallest absolute Gasteiger partial charge is 0.119 e. The number of hydrogen-bond donors (Lipinski definition) is 0. The normalized spacial score (nSPS) is 12.1. The number of methoxy groups -OCH3 is 1. The zero-order valence-corrected chi connectivity index (χ0v) is 12.2. The van der Waals surface area contributed by atoms with E-state index in [4.69, 9.17) is 9.47 Å². The molecular formula is C17H26O2. The molecule has 1 rings (SSSR count). The molecule has 0 aromatic heterocycles. The minimum absolute atomic E-state index is 0.689. The van der Waals surface area contributed by atoms with E-state index in [0.29, 0.717) is 5.92 Å². The van der Waals surface area contributed by atoms with Gasteiger partial charge in [0, 0.05) is 13.7 Å². The highest BCUT2D eigenvalue weighted by atomic mass is 16.5. The Hall–Kier alpha value is -1.28. The molecule has 106 valence electrons. The van der Waals surface area contributed by atoms with Crippen molar-refractivity contribution in [1.29, 1.82) is 0 Å². The molecule has 1 unspecified atom stereocenters. The van der Waals surface area contributed by atoms with E-state index in [0.717, 1.165) is 30.9 Å². The van der Waals surface area contributed by atoms with Crippen LogP contribution in [-0.4, -0.2) is 20.3 Å². The summed E-state index contributed by atoms with van der Waals surface area (Å²) >= 11 is 0. The molecule has 1 atom stereocenters. The van der Waals surface area contributed by atoms with Crippen molar-refractivity contribution in [1.82, 2.24) is 0 Å². The fourth-order valence-corrected chi connectivity index (χ4v) is 2.10. The Labute approximate surface area is 117 Å². The summed E-state index contributed by atoms with van der Waals surface area (Å²) in [5.41, 5.74) is 1.10. The van der Waals surface area contributed by atoms with Crippen molar-refractivity contribution in [3.8, 4) is 5.75 Å². The molecule has 0 aliphatic heterocycles. The molecule has 0 bridgehead atoms. The third-order valence-electron chi connectivity index (χ3n) is 3.35. The van der Waals surface area contributed by atoms with E-state index in [1.165, 1.54) is 19.3 Å². The number of ether oxygens (including phenoxy) is 2. The van der Waals surface area contributed by atoms with E-state index in [1.54, 1.807) is 7.11 Å². The van der Waals surface area contributed by atoms with Gasteiger partial charge in [0.1, 0.15) is 5.75 Å². The molecule has 0 fully saturated rings. The van der Waals surface area contributed by atoms with Gasteiger partial charge >= 0.3 is 0 Å². The molecule has 1 aromatic carbocycles. The van der Waals surface area contributed by atoms with Gasteiger partial charge in [-0.25, -0.2) is 0 Å². The van der Waals surface area contributed by atoms with Gasteiger partial charge in [-0.2, -0.15) is 0 Å². The van der Waals surface area contributed by atoms with Crippen molar-refractivity contribution in [2.45, 2.75) is 32.6 Å². The molecular weight excluding hydrogens is 236 g/mol. The zero-order valence-electron chi connectivity index (χ0n) is 12.2. The molecule has 0 radical (unpaired) electrons. The van der Waals surface area contributed by atoms with Crippen LogP contribution < -0.4 is 4.74 Å². The Morgan fingerprint density at radius 2 is 2.16 bits per heavy atom. The van der Waals surface area contributed by atoms with Crippen LogP contribution >= 0.6 is 0 Å². The molecule has 0 saturated carbocycles. The second-order valence-corrected chi connectivity index (χ2v) is 4.85. The maximum Gasteiger partial charge on any atom is 0.119 e. The van der Waals surface area contributed by atoms with Gasteiger partial charge in [0.15, 0.2) is 0 Å². The number of hydrogen-bond acceptors (Lipinski definition) is 2. The van der Waals surface area contributed by atoms with Crippen molar-refractivity contribution in [2.75, 3.05) is 20.3 Å². The van der Waals surface area contributed by atoms with Gasteiger partial charge in [0.25, 0.3) is 0 Å². The van der Waals surface area contributed by atoms with Crippen LogP contribution in [0.5, 0.6) is 5.75 Å². The summed E-state index contributed by atoms with van der Waals surface area (Å²) in [4.78, 5) is 0. The van der Waals surface area contributed by atoms with Gasteiger partial charge in [-0.15, -0.1) is 0 Å². The van der Waals surface area contributed by atoms with Gasteiger partial charge in [0.2, 0.25) is 0 Å². The molecule has 0 N–H and O–H groups in total. The third-order valence-corrected chi connectivity index (χ3v) is 3.35. The molecule has 0 spiro atoms. The molecule has 0 aliphatic carbocycles. The van der Waals surface area contributed by atoms with Gasteiger partial charge in [-0.05, 0) is 42.9 Å². The van der Waals surface area contributed by atoms with Gasteiger partial charge < -0.3 is 9.47 Å². The number of unbranched alkanes of at least 4 members (excludes halogenated alkanes) is 1. The summed E-state index contributed by atoms with van der Waals surface area (Å²) in [5.74, 6) is 1.62. The fraction of sp³-hybridized carbons (Fsp3) is 0.529. The summed E-state index contributed by atoms with van der Waals surface area (Å²) in [7, 11) is 1.78. The van der Waals surface area contributed by atoms with E-state index < -0.39 is 0 Å². The SMILES string of the molecule is C=Cc1cccc(OCCCCC(CC)COC)c1. The maximum atomic E-state index is 5.74. The second-order valence-electron chi connectivity index (χ2n) is 4.85. The fourth-order valence-electron chi connectivity index (χ4n) is 2.10. The van der Waals surface area contributed by atoms with Crippen LogP contribution in [0.4, 0.5) is 0 Å². The largest absolute Gasteiger partial charge is 0.494 e. The Morgan fingerprint density at radius 1 is 1.32 bits per heavy atom. The average Bonchev–Trinajstić information content (AvgIpc) is 2.46. The summed E-state index contributed by atoms with van der Waals surface area (Å²) in [6, 6.07) is 8.04. The molecule has 0 heterocycles. The molecule has 2 heteroatoms. The summed E-state index contributed by atoms with van der Waals surface area (Å²) in [6.45, 7) is 7.64. The van der Waals surface area contributed by atoms with Crippen molar-refractivity contribution in [3.63, 3.8) is 0 Å². The maximum absolute atomic E-state index is 5.74. The van der Waals surface area contributed by atoms with Gasteiger partial charge in [-0.3, -0.25) is 0 Å². The van der Waals surface area contributed by atoms with Crippen molar-refractivity contribution >= 4 is 6.08 Å². The van der Waals surface area contributed by atoms with Crippen molar-refractivity contribution < 1.29 is 9.47 Å². The lowest BCUT2D eigenvalue weighted by molar-refractivity contribution is 0.143. The second kappa shape index (κ2) is 9.62. The molecule has 0 saturated heterocycles. The van der Waals surface area contributed by atoms with Crippen LogP contribution in [0.15, 0.2) is 30.8 Å². The molecule has 0 amide bonds. The van der Waals surface area contributed by atoms with Crippen LogP contribution in [0.2, 0.25) is 0 Å². The van der Waals surface area contributed by atoms with Crippen LogP contribution in [0.1, 0.15) is 38.2 Å². The third kappa shape index (κ3) is 6.44. The van der Waals surface area contributed by atoms with E-state index in [2.05, 4.69) is 13.5 Å². The van der Waals surface area contributed by atoms with Gasteiger partial charge in [0.05, 0.1) is 6.61 Å². The van der Waals surface area contributed by atoms with Crippen molar-refractivity contribution in [3.05, 3.63) is 36.4 Å². The van der Waals surface area contributed by atoms with Crippen LogP contribution in [-0.2, 0) is 4.74 Å². The van der Waals surface area contributed by atoms with E-state index in [9.17, 15) is 0 Å². The lowest BCUT2D eigenvalue weighted by atomic mass is 10.0. The summed E-state index contributed by atoms with van der Waals surface area (Å²) < 4.78 is 11.0. The Bertz CT molecular complexity index is 360. The zero-order chi connectivity index (χ0) is 13.9. The molecule has 0 aliphatic rings. The minimum Gasteiger partial charge on any atom is -0.494 e. The molecule has 19 heavy (non-hydrogen) atoms. The first-order chi connectivity index (χ1) is 9.30. The number of benzene rings is 1. The first-order valence-corrected chi connectivity index (χ1v) is 7.14. The Balaban J connectivity index is 2.18. The highest BCUT2D eigenvalue weighted by Crippen LogP contribution is 2.16. The lowest BCUT2D eigenvalue weighted by Gasteiger charge is -2.13. The predicted molar refractivity (Wildman–Crippen MR) is 81.5 cm³/mol. The van der Waals surface area contributed by atoms with E-state index in [-0.39, 0.29) is 0 Å². The highest BCUT2D eigenvalue weighted by molar-refractivity contribution is 5.49. The molecule has 1 aromatic rings. The topological polar surface area (TPSA) is 18.5 Å². The summed E-state index contributed by atoms with van der Waals surface area (Å²) in [6.07, 6.45) is 6.54. The highest BCUT2D eigenvalue weighted by Gasteiger charge is 2.05. The minimum atomic E-state index is 0.689. The van der Waals surface area contributed by atoms with E-state index >= 15 is 0 Å². The lowest BCUT2D eigenvalue weighted by Crippen LogP contribution is -2.07. The Kier molecular flexibility index (Phi) is 7.99. The van der Waals surface area contributed by atoms with E-state index in [1.807, 2.05) is 30.3 Å². The average molecular weight is 262 g/mol. The summed E-state index contributed by atoms with van der Waals surface area (Å²) in [5, 5.41) is 0. The predicted octanol–water partition coefficient (Wildman–Crippen LogP) is 4.55. The first-order valence-electron chi connectivity index (χ1n) is 7.14. The van der Waals surface area contributed by atoms with Crippen LogP contribution in [0, 0.1) is 5.92 Å². The standard InChI is InChI=1S/C17H26O2/c1-4-15-10-8-11-17(13-15)19-12-7-6-9-16(5-2)14-18-3/h4,8,10-11,13,16H,1,5-7,9,12,14H2,2-3H3. The van der Waals surface area contributed by atoms with Crippen LogP contribution in [0.25, 0.3) is 6.08 Å². The monoisotopic (exact) mass is 262 g/mol. The van der Waals surface area contributed by atoms with Gasteiger partial charge in [-0.1, -0.05) is 38.1 Å². The van der Waals surface area contributed by atoms with Crippen LogP contribution in [0.3, 0.4) is 0 Å².